The lowest BCUT2D eigenvalue weighted by Gasteiger charge is -2.14. The molecule has 1 aliphatic carbocycles. The molecule has 126 valence electrons. The summed E-state index contributed by atoms with van der Waals surface area (Å²) in [6.07, 6.45) is 4.65. The van der Waals surface area contributed by atoms with E-state index >= 15 is 0 Å². The fourth-order valence-corrected chi connectivity index (χ4v) is 3.60. The molecular weight excluding hydrogens is 324 g/mol. The number of benzene rings is 1. The Bertz CT molecular complexity index is 741. The fraction of sp³-hybridized carbons (Fsp3) is 0.333. The smallest absolute Gasteiger partial charge is 0.252 e. The highest BCUT2D eigenvalue weighted by Gasteiger charge is 2.21. The minimum absolute atomic E-state index is 0.0235. The maximum atomic E-state index is 12.6. The van der Waals surface area contributed by atoms with Gasteiger partial charge in [-0.2, -0.15) is 0 Å². The minimum Gasteiger partial charge on any atom is -0.396 e. The van der Waals surface area contributed by atoms with Crippen LogP contribution in [0, 0.1) is 12.8 Å². The first kappa shape index (κ1) is 16.8. The number of aliphatic hydroxyl groups excluding tert-OH is 1. The van der Waals surface area contributed by atoms with Gasteiger partial charge in [0.2, 0.25) is 0 Å². The van der Waals surface area contributed by atoms with Crippen molar-refractivity contribution in [1.29, 1.82) is 0 Å². The zero-order valence-corrected chi connectivity index (χ0v) is 14.3. The van der Waals surface area contributed by atoms with Crippen LogP contribution < -0.4 is 5.32 Å². The van der Waals surface area contributed by atoms with Gasteiger partial charge in [0, 0.05) is 29.5 Å². The minimum atomic E-state index is -0.0971. The van der Waals surface area contributed by atoms with Crippen molar-refractivity contribution in [3.63, 3.8) is 0 Å². The Labute approximate surface area is 145 Å². The number of aliphatic hydroxyl groups is 1. The normalized spacial score (nSPS) is 19.6. The maximum absolute atomic E-state index is 12.6. The lowest BCUT2D eigenvalue weighted by molar-refractivity contribution is 0.0938. The molecule has 1 heterocycles. The molecule has 2 aromatic rings. The van der Waals surface area contributed by atoms with Crippen molar-refractivity contribution in [3.05, 3.63) is 59.5 Å². The van der Waals surface area contributed by atoms with Crippen LogP contribution in [-0.4, -0.2) is 28.8 Å². The Kier molecular flexibility index (Phi) is 5.37. The third-order valence-electron chi connectivity index (χ3n) is 3.90. The van der Waals surface area contributed by atoms with Gasteiger partial charge in [0.25, 0.3) is 5.91 Å². The second-order valence-electron chi connectivity index (χ2n) is 5.86. The summed E-state index contributed by atoms with van der Waals surface area (Å²) in [5, 5.41) is 16.1. The predicted octanol–water partition coefficient (Wildman–Crippen LogP) is 2.94. The summed E-state index contributed by atoms with van der Waals surface area (Å²) < 4.78 is 5.21. The van der Waals surface area contributed by atoms with Crippen molar-refractivity contribution in [3.8, 4) is 0 Å². The SMILES string of the molecule is Cc1cc(CSc2ccccc2C(=O)N[C@@H]2C=C[C@H](CO)C2)on1. The molecule has 2 atom stereocenters. The number of nitrogens with one attached hydrogen (secondary N) is 1. The molecule has 1 amide bonds. The Morgan fingerprint density at radius 1 is 1.42 bits per heavy atom. The van der Waals surface area contributed by atoms with Crippen molar-refractivity contribution in [2.24, 2.45) is 5.92 Å². The number of carbonyl (C=O) groups excluding carboxylic acids is 1. The summed E-state index contributed by atoms with van der Waals surface area (Å²) in [6.45, 7) is 2.00. The lowest BCUT2D eigenvalue weighted by atomic mass is 10.1. The van der Waals surface area contributed by atoms with Crippen LogP contribution in [0.25, 0.3) is 0 Å². The monoisotopic (exact) mass is 344 g/mol. The van der Waals surface area contributed by atoms with Crippen LogP contribution in [0.4, 0.5) is 0 Å². The summed E-state index contributed by atoms with van der Waals surface area (Å²) >= 11 is 1.55. The van der Waals surface area contributed by atoms with Gasteiger partial charge in [-0.1, -0.05) is 29.4 Å². The van der Waals surface area contributed by atoms with Crippen LogP contribution in [0.1, 0.15) is 28.2 Å². The number of nitrogens with zero attached hydrogens (tertiary/aromatic N) is 1. The molecule has 0 radical (unpaired) electrons. The van der Waals surface area contributed by atoms with Crippen LogP contribution in [0.15, 0.2) is 51.9 Å². The van der Waals surface area contributed by atoms with Crippen LogP contribution in [0.3, 0.4) is 0 Å². The van der Waals surface area contributed by atoms with E-state index in [0.29, 0.717) is 11.3 Å². The largest absolute Gasteiger partial charge is 0.396 e. The van der Waals surface area contributed by atoms with Crippen LogP contribution in [-0.2, 0) is 5.75 Å². The van der Waals surface area contributed by atoms with Gasteiger partial charge in [-0.25, -0.2) is 0 Å². The lowest BCUT2D eigenvalue weighted by Crippen LogP contribution is -2.33. The Hall–Kier alpha value is -2.05. The van der Waals surface area contributed by atoms with Crippen molar-refractivity contribution < 1.29 is 14.4 Å². The molecule has 2 N–H and O–H groups in total. The van der Waals surface area contributed by atoms with E-state index in [1.165, 1.54) is 0 Å². The molecule has 0 saturated heterocycles. The van der Waals surface area contributed by atoms with Crippen molar-refractivity contribution in [2.75, 3.05) is 6.61 Å². The Morgan fingerprint density at radius 2 is 2.25 bits per heavy atom. The second kappa shape index (κ2) is 7.68. The summed E-state index contributed by atoms with van der Waals surface area (Å²) in [5.41, 5.74) is 1.50. The van der Waals surface area contributed by atoms with E-state index in [0.717, 1.165) is 22.8 Å². The summed E-state index contributed by atoms with van der Waals surface area (Å²) in [7, 11) is 0. The van der Waals surface area contributed by atoms with Crippen molar-refractivity contribution >= 4 is 17.7 Å². The van der Waals surface area contributed by atoms with E-state index in [9.17, 15) is 9.90 Å². The molecule has 0 bridgehead atoms. The maximum Gasteiger partial charge on any atom is 0.252 e. The van der Waals surface area contributed by atoms with Crippen LogP contribution >= 0.6 is 11.8 Å². The van der Waals surface area contributed by atoms with E-state index in [-0.39, 0.29) is 24.5 Å². The Balaban J connectivity index is 1.65. The average Bonchev–Trinajstić information content (AvgIpc) is 3.22. The van der Waals surface area contributed by atoms with Gasteiger partial charge in [0.15, 0.2) is 0 Å². The third kappa shape index (κ3) is 4.07. The molecular formula is C18H20N2O3S. The predicted molar refractivity (Wildman–Crippen MR) is 92.8 cm³/mol. The number of hydrogen-bond acceptors (Lipinski definition) is 5. The highest BCUT2D eigenvalue weighted by Crippen LogP contribution is 2.27. The highest BCUT2D eigenvalue weighted by molar-refractivity contribution is 7.98. The van der Waals surface area contributed by atoms with Gasteiger partial charge in [-0.3, -0.25) is 4.79 Å². The zero-order valence-electron chi connectivity index (χ0n) is 13.4. The molecule has 1 aromatic carbocycles. The van der Waals surface area contributed by atoms with E-state index in [4.69, 9.17) is 4.52 Å². The zero-order chi connectivity index (χ0) is 16.9. The number of aromatic nitrogens is 1. The molecule has 5 nitrogen and oxygen atoms in total. The number of thioether (sulfide) groups is 1. The van der Waals surface area contributed by atoms with Gasteiger partial charge in [0.1, 0.15) is 5.76 Å². The van der Waals surface area contributed by atoms with Gasteiger partial charge in [0.05, 0.1) is 17.0 Å². The molecule has 0 spiro atoms. The number of amides is 1. The summed E-state index contributed by atoms with van der Waals surface area (Å²) in [4.78, 5) is 13.5. The van der Waals surface area contributed by atoms with Crippen molar-refractivity contribution in [2.45, 2.75) is 30.0 Å². The third-order valence-corrected chi connectivity index (χ3v) is 5.00. The first-order valence-electron chi connectivity index (χ1n) is 7.90. The topological polar surface area (TPSA) is 75.4 Å². The van der Waals surface area contributed by atoms with Crippen LogP contribution in [0.5, 0.6) is 0 Å². The molecule has 0 saturated carbocycles. The van der Waals surface area contributed by atoms with E-state index in [1.807, 2.05) is 49.4 Å². The first-order chi connectivity index (χ1) is 11.7. The summed E-state index contributed by atoms with van der Waals surface area (Å²) in [6, 6.07) is 9.41. The quantitative estimate of drug-likeness (QED) is 0.622. The van der Waals surface area contributed by atoms with Gasteiger partial charge >= 0.3 is 0 Å². The molecule has 0 unspecified atom stereocenters. The molecule has 1 aromatic heterocycles. The first-order valence-corrected chi connectivity index (χ1v) is 8.88. The van der Waals surface area contributed by atoms with Gasteiger partial charge in [-0.15, -0.1) is 11.8 Å². The van der Waals surface area contributed by atoms with E-state index < -0.39 is 0 Å². The molecule has 0 aliphatic heterocycles. The number of hydrogen-bond donors (Lipinski definition) is 2. The summed E-state index contributed by atoms with van der Waals surface area (Å²) in [5.74, 6) is 1.45. The second-order valence-corrected chi connectivity index (χ2v) is 6.88. The molecule has 24 heavy (non-hydrogen) atoms. The number of rotatable bonds is 6. The van der Waals surface area contributed by atoms with Crippen molar-refractivity contribution in [1.82, 2.24) is 10.5 Å². The van der Waals surface area contributed by atoms with Gasteiger partial charge < -0.3 is 14.9 Å². The molecule has 3 rings (SSSR count). The standard InChI is InChI=1S/C18H20N2O3S/c1-12-8-15(23-20-12)11-24-17-5-3-2-4-16(17)18(22)19-14-7-6-13(9-14)10-21/h2-8,13-14,21H,9-11H2,1H3,(H,19,22)/t13-,14+/m0/s1. The van der Waals surface area contributed by atoms with Crippen LogP contribution in [0.2, 0.25) is 0 Å². The molecule has 6 heteroatoms. The van der Waals surface area contributed by atoms with E-state index in [2.05, 4.69) is 10.5 Å². The molecule has 1 aliphatic rings. The van der Waals surface area contributed by atoms with Gasteiger partial charge in [-0.05, 0) is 25.5 Å². The number of carbonyl (C=O) groups is 1. The Morgan fingerprint density at radius 3 is 2.96 bits per heavy atom. The highest BCUT2D eigenvalue weighted by atomic mass is 32.2. The fourth-order valence-electron chi connectivity index (χ4n) is 2.68. The molecule has 0 fully saturated rings. The van der Waals surface area contributed by atoms with E-state index in [1.54, 1.807) is 11.8 Å². The number of aryl methyl sites for hydroxylation is 1. The average molecular weight is 344 g/mol.